The van der Waals surface area contributed by atoms with Gasteiger partial charge < -0.3 is 0 Å². The number of hydrogen-bond acceptors (Lipinski definition) is 8. The highest BCUT2D eigenvalue weighted by atomic mass is 79.9. The van der Waals surface area contributed by atoms with Crippen LogP contribution in [0.1, 0.15) is 118 Å². The Morgan fingerprint density at radius 2 is 1.16 bits per heavy atom. The van der Waals surface area contributed by atoms with Crippen molar-refractivity contribution in [3.05, 3.63) is 91.3 Å². The molecule has 0 saturated heterocycles. The summed E-state index contributed by atoms with van der Waals surface area (Å²) < 4.78 is 0. The van der Waals surface area contributed by atoms with E-state index in [4.69, 9.17) is 5.53 Å². The van der Waals surface area contributed by atoms with Crippen LogP contribution in [0.2, 0.25) is 0 Å². The van der Waals surface area contributed by atoms with Crippen molar-refractivity contribution in [2.24, 2.45) is 5.11 Å². The highest BCUT2D eigenvalue weighted by molar-refractivity contribution is 9.09. The van der Waals surface area contributed by atoms with Gasteiger partial charge in [-0.2, -0.15) is 12.6 Å². The minimum absolute atomic E-state index is 0.0110. The van der Waals surface area contributed by atoms with Crippen molar-refractivity contribution < 1.29 is 24.1 Å². The lowest BCUT2D eigenvalue weighted by Crippen LogP contribution is -2.41. The molecule has 0 N–H and O–H groups in total. The summed E-state index contributed by atoms with van der Waals surface area (Å²) in [7, 11) is 0. The van der Waals surface area contributed by atoms with E-state index in [1.807, 2.05) is 0 Å². The Hall–Kier alpha value is -3.26. The van der Waals surface area contributed by atoms with E-state index in [0.717, 1.165) is 66.9 Å². The maximum atomic E-state index is 12.4. The Bertz CT molecular complexity index is 1470. The quantitative estimate of drug-likeness (QED) is 0.0152. The molecule has 2 aromatic rings. The van der Waals surface area contributed by atoms with Crippen LogP contribution < -0.4 is 0 Å². The molecule has 0 saturated carbocycles. The van der Waals surface area contributed by atoms with Crippen LogP contribution in [-0.4, -0.2) is 79.4 Å². The summed E-state index contributed by atoms with van der Waals surface area (Å²) in [6, 6.07) is 11.7. The van der Waals surface area contributed by atoms with E-state index >= 15 is 0 Å². The van der Waals surface area contributed by atoms with Crippen molar-refractivity contribution in [1.82, 2.24) is 9.80 Å². The molecule has 0 bridgehead atoms. The predicted octanol–water partition coefficient (Wildman–Crippen LogP) is 8.66. The van der Waals surface area contributed by atoms with Crippen LogP contribution in [0, 0.1) is 10.1 Å². The highest BCUT2D eigenvalue weighted by Gasteiger charge is 2.39. The second-order valence-corrected chi connectivity index (χ2v) is 14.7. The molecule has 270 valence electrons. The number of hydrogen-bond donors (Lipinski definition) is 1. The Kier molecular flexibility index (Phi) is 18.0. The van der Waals surface area contributed by atoms with Gasteiger partial charge in [-0.05, 0) is 68.3 Å². The third-order valence-corrected chi connectivity index (χ3v) is 10.4. The molecule has 2 heterocycles. The number of halogens is 2. The molecule has 4 rings (SSSR count). The number of thiol groups is 1. The maximum absolute atomic E-state index is 12.4. The van der Waals surface area contributed by atoms with Crippen LogP contribution in [0.15, 0.2) is 53.6 Å². The van der Waals surface area contributed by atoms with Gasteiger partial charge in [-0.15, -0.1) is 0 Å². The summed E-state index contributed by atoms with van der Waals surface area (Å²) in [6.07, 6.45) is 10.7. The van der Waals surface area contributed by atoms with E-state index in [9.17, 15) is 29.3 Å². The minimum Gasteiger partial charge on any atom is -0.274 e. The lowest BCUT2D eigenvalue weighted by Gasteiger charge is -2.19. The third kappa shape index (κ3) is 11.9. The summed E-state index contributed by atoms with van der Waals surface area (Å²) >= 11 is 11.4. The van der Waals surface area contributed by atoms with Gasteiger partial charge in [0, 0.05) is 44.8 Å². The van der Waals surface area contributed by atoms with Crippen molar-refractivity contribution in [3.8, 4) is 0 Å². The van der Waals surface area contributed by atoms with Crippen molar-refractivity contribution in [2.45, 2.75) is 94.4 Å². The molecule has 12 nitrogen and oxygen atoms in total. The van der Waals surface area contributed by atoms with Gasteiger partial charge in [0.1, 0.15) is 0 Å². The first kappa shape index (κ1) is 41.2. The maximum Gasteiger partial charge on any atom is 0.261 e. The third-order valence-electron chi connectivity index (χ3n) is 8.72. The molecule has 0 fully saturated rings. The number of benzene rings is 2. The van der Waals surface area contributed by atoms with Crippen molar-refractivity contribution in [1.29, 1.82) is 0 Å². The van der Waals surface area contributed by atoms with Crippen LogP contribution in [0.4, 0.5) is 0 Å². The first-order valence-electron chi connectivity index (χ1n) is 17.0. The van der Waals surface area contributed by atoms with E-state index in [1.54, 1.807) is 36.4 Å². The van der Waals surface area contributed by atoms with E-state index in [0.29, 0.717) is 29.3 Å². The highest BCUT2D eigenvalue weighted by Crippen LogP contribution is 2.25. The number of nitrogens with zero attached hydrogens (tertiary/aromatic N) is 6. The molecule has 3 atom stereocenters. The summed E-state index contributed by atoms with van der Waals surface area (Å²) in [4.78, 5) is 65.4. The van der Waals surface area contributed by atoms with Gasteiger partial charge in [0.25, 0.3) is 23.6 Å². The standard InChI is InChI=1S/C18H22BrN5O4.C17H22BrNO2S/c19-10-6-2-1-3-7-13(21-22-20)11-14(24(27)28)12-23-17(25)15-8-4-5-9-16(15)18(23)26;18-11-5-3-7-13(22)8-4-6-12-19-16(20)14-9-1-2-10-15(14)17(19)21/h4-5,8-9,13-14H,1-3,6-7,10-12H2;1-2,9-10,13,22H,3-8,11-12H2. The van der Waals surface area contributed by atoms with Gasteiger partial charge in [-0.25, -0.2) is 0 Å². The lowest BCUT2D eigenvalue weighted by atomic mass is 10.0. The van der Waals surface area contributed by atoms with Crippen LogP contribution in [0.3, 0.4) is 0 Å². The molecule has 4 amide bonds. The molecule has 3 unspecified atom stereocenters. The second kappa shape index (κ2) is 21.8. The minimum atomic E-state index is -1.18. The number of unbranched alkanes of at least 4 members (excludes halogenated alkanes) is 5. The molecule has 0 radical (unpaired) electrons. The average molecular weight is 837 g/mol. The van der Waals surface area contributed by atoms with E-state index < -0.39 is 28.8 Å². The fraction of sp³-hybridized carbons (Fsp3) is 0.543. The van der Waals surface area contributed by atoms with Crippen LogP contribution in [0.25, 0.3) is 10.4 Å². The SMILES string of the molecule is O=C1c2ccccc2C(=O)N1CCCCC(S)CCCCBr.[N-]=[N+]=NC(CCCCCCBr)CC(CN1C(=O)c2ccccc2C1=O)[N+](=O)[O-]. The predicted molar refractivity (Wildman–Crippen MR) is 203 cm³/mol. The Labute approximate surface area is 315 Å². The van der Waals surface area contributed by atoms with Gasteiger partial charge in [0.15, 0.2) is 0 Å². The number of carbonyl (C=O) groups is 4. The fourth-order valence-electron chi connectivity index (χ4n) is 5.99. The number of alkyl halides is 2. The van der Waals surface area contributed by atoms with Crippen molar-refractivity contribution in [2.75, 3.05) is 23.7 Å². The van der Waals surface area contributed by atoms with Crippen molar-refractivity contribution in [3.63, 3.8) is 0 Å². The largest absolute Gasteiger partial charge is 0.274 e. The second-order valence-electron chi connectivity index (χ2n) is 12.3. The first-order chi connectivity index (χ1) is 24.1. The Balaban J connectivity index is 0.000000278. The zero-order valence-corrected chi connectivity index (χ0v) is 32.1. The molecule has 15 heteroatoms. The molecule has 2 aromatic carbocycles. The van der Waals surface area contributed by atoms with Gasteiger partial charge in [-0.3, -0.25) is 39.1 Å². The zero-order valence-electron chi connectivity index (χ0n) is 28.0. The lowest BCUT2D eigenvalue weighted by molar-refractivity contribution is -0.523. The number of fused-ring (bicyclic) bond motifs is 2. The average Bonchev–Trinajstić information content (AvgIpc) is 3.50. The van der Waals surface area contributed by atoms with E-state index in [2.05, 4.69) is 54.5 Å². The number of carbonyl (C=O) groups excluding carboxylic acids is 4. The summed E-state index contributed by atoms with van der Waals surface area (Å²) in [5.41, 5.74) is 10.4. The molecule has 0 aromatic heterocycles. The molecule has 2 aliphatic rings. The topological polar surface area (TPSA) is 167 Å². The van der Waals surface area contributed by atoms with Gasteiger partial charge in [0.2, 0.25) is 6.04 Å². The zero-order chi connectivity index (χ0) is 36.5. The molecule has 2 aliphatic heterocycles. The molecule has 0 spiro atoms. The molecular formula is C35H44Br2N6O6S. The van der Waals surface area contributed by atoms with Crippen molar-refractivity contribution >= 4 is 68.1 Å². The fourth-order valence-corrected chi connectivity index (χ4v) is 7.15. The normalized spacial score (nSPS) is 15.2. The molecule has 0 aliphatic carbocycles. The monoisotopic (exact) mass is 834 g/mol. The van der Waals surface area contributed by atoms with Crippen LogP contribution in [0.5, 0.6) is 0 Å². The number of amides is 4. The number of azide groups is 1. The van der Waals surface area contributed by atoms with Crippen LogP contribution in [-0.2, 0) is 0 Å². The number of imide groups is 2. The molecular weight excluding hydrogens is 792 g/mol. The van der Waals surface area contributed by atoms with Gasteiger partial charge in [0.05, 0.1) is 28.8 Å². The summed E-state index contributed by atoms with van der Waals surface area (Å²) in [5.74, 6) is -1.36. The van der Waals surface area contributed by atoms with E-state index in [-0.39, 0.29) is 35.9 Å². The summed E-state index contributed by atoms with van der Waals surface area (Å²) in [6.45, 7) is 0.175. The van der Waals surface area contributed by atoms with Crippen LogP contribution >= 0.6 is 44.5 Å². The Morgan fingerprint density at radius 3 is 1.64 bits per heavy atom. The first-order valence-corrected chi connectivity index (χ1v) is 19.8. The number of nitro groups is 1. The van der Waals surface area contributed by atoms with Gasteiger partial charge >= 0.3 is 0 Å². The summed E-state index contributed by atoms with van der Waals surface area (Å²) in [5, 5.41) is 17.6. The van der Waals surface area contributed by atoms with E-state index in [1.165, 1.54) is 29.9 Å². The molecule has 50 heavy (non-hydrogen) atoms. The van der Waals surface area contributed by atoms with Gasteiger partial charge in [-0.1, -0.05) is 93.3 Å². The number of rotatable bonds is 21. The smallest absolute Gasteiger partial charge is 0.261 e. The Morgan fingerprint density at radius 1 is 0.720 bits per heavy atom.